The van der Waals surface area contributed by atoms with Crippen LogP contribution in [0.3, 0.4) is 0 Å². The van der Waals surface area contributed by atoms with Gasteiger partial charge in [-0.05, 0) is 18.2 Å². The Labute approximate surface area is 109 Å². The second-order valence-corrected chi connectivity index (χ2v) is 4.05. The molecule has 0 aliphatic rings. The van der Waals surface area contributed by atoms with Gasteiger partial charge in [0.2, 0.25) is 0 Å². The zero-order valence-corrected chi connectivity index (χ0v) is 9.73. The van der Waals surface area contributed by atoms with E-state index in [4.69, 9.17) is 5.73 Å². The predicted molar refractivity (Wildman–Crippen MR) is 61.2 cm³/mol. The molecule has 0 aromatic heterocycles. The molecule has 0 spiro atoms. The third-order valence-corrected chi connectivity index (χ3v) is 2.68. The number of benzene rings is 2. The molecule has 0 radical (unpaired) electrons. The standard InChI is InChI=1S/C13H7F6N/c14-9-5-11(16)10(15)4-8(9)7-2-1-6(3-12(7)20)13(17,18)19/h1-5H,20H2. The number of hydrogen-bond donors (Lipinski definition) is 1. The highest BCUT2D eigenvalue weighted by Crippen LogP contribution is 2.35. The Morgan fingerprint density at radius 1 is 0.750 bits per heavy atom. The van der Waals surface area contributed by atoms with Crippen molar-refractivity contribution >= 4 is 5.69 Å². The summed E-state index contributed by atoms with van der Waals surface area (Å²) in [5, 5.41) is 0. The molecule has 1 nitrogen and oxygen atoms in total. The maximum atomic E-state index is 13.5. The van der Waals surface area contributed by atoms with Crippen molar-refractivity contribution in [1.29, 1.82) is 0 Å². The van der Waals surface area contributed by atoms with Crippen LogP contribution in [0.4, 0.5) is 32.0 Å². The van der Waals surface area contributed by atoms with Crippen LogP contribution in [0.5, 0.6) is 0 Å². The second kappa shape index (κ2) is 4.73. The van der Waals surface area contributed by atoms with Gasteiger partial charge in [-0.2, -0.15) is 13.2 Å². The summed E-state index contributed by atoms with van der Waals surface area (Å²) in [5.74, 6) is -3.83. The van der Waals surface area contributed by atoms with Crippen LogP contribution in [0, 0.1) is 17.5 Å². The Balaban J connectivity index is 2.57. The second-order valence-electron chi connectivity index (χ2n) is 4.05. The van der Waals surface area contributed by atoms with E-state index in [9.17, 15) is 26.3 Å². The Bertz CT molecular complexity index is 663. The quantitative estimate of drug-likeness (QED) is 0.471. The highest BCUT2D eigenvalue weighted by atomic mass is 19.4. The number of nitrogens with two attached hydrogens (primary N) is 1. The van der Waals surface area contributed by atoms with Crippen molar-refractivity contribution in [3.63, 3.8) is 0 Å². The molecule has 0 aliphatic heterocycles. The Kier molecular flexibility index (Phi) is 3.37. The van der Waals surface area contributed by atoms with E-state index >= 15 is 0 Å². The van der Waals surface area contributed by atoms with E-state index in [0.29, 0.717) is 24.3 Å². The predicted octanol–water partition coefficient (Wildman–Crippen LogP) is 4.37. The molecule has 2 N–H and O–H groups in total. The number of hydrogen-bond acceptors (Lipinski definition) is 1. The molecule has 7 heteroatoms. The van der Waals surface area contributed by atoms with Crippen LogP contribution >= 0.6 is 0 Å². The zero-order chi connectivity index (χ0) is 15.1. The fraction of sp³-hybridized carbons (Fsp3) is 0.0769. The minimum atomic E-state index is -4.60. The van der Waals surface area contributed by atoms with Crippen LogP contribution < -0.4 is 5.73 Å². The summed E-state index contributed by atoms with van der Waals surface area (Å²) in [6.45, 7) is 0. The fourth-order valence-electron chi connectivity index (χ4n) is 1.71. The first-order chi connectivity index (χ1) is 9.20. The molecule has 2 rings (SSSR count). The highest BCUT2D eigenvalue weighted by molar-refractivity contribution is 5.77. The topological polar surface area (TPSA) is 26.0 Å². The lowest BCUT2D eigenvalue weighted by Gasteiger charge is -2.12. The van der Waals surface area contributed by atoms with E-state index in [0.717, 1.165) is 6.07 Å². The van der Waals surface area contributed by atoms with E-state index in [1.165, 1.54) is 0 Å². The van der Waals surface area contributed by atoms with Crippen LogP contribution in [0.15, 0.2) is 30.3 Å². The maximum absolute atomic E-state index is 13.5. The maximum Gasteiger partial charge on any atom is 0.416 e. The van der Waals surface area contributed by atoms with E-state index in [-0.39, 0.29) is 11.3 Å². The minimum absolute atomic E-state index is 0.144. The SMILES string of the molecule is Nc1cc(C(F)(F)F)ccc1-c1cc(F)c(F)cc1F. The van der Waals surface area contributed by atoms with Gasteiger partial charge < -0.3 is 5.73 Å². The van der Waals surface area contributed by atoms with Crippen LogP contribution in [0.1, 0.15) is 5.56 Å². The lowest BCUT2D eigenvalue weighted by molar-refractivity contribution is -0.137. The average Bonchev–Trinajstić information content (AvgIpc) is 2.33. The first-order valence-electron chi connectivity index (χ1n) is 5.32. The van der Waals surface area contributed by atoms with Gasteiger partial charge in [-0.15, -0.1) is 0 Å². The molecule has 2 aromatic rings. The first kappa shape index (κ1) is 14.2. The summed E-state index contributed by atoms with van der Waals surface area (Å²) >= 11 is 0. The summed E-state index contributed by atoms with van der Waals surface area (Å²) in [7, 11) is 0. The molecule has 0 saturated heterocycles. The Morgan fingerprint density at radius 3 is 1.90 bits per heavy atom. The van der Waals surface area contributed by atoms with Crippen molar-refractivity contribution in [2.45, 2.75) is 6.18 Å². The third-order valence-electron chi connectivity index (χ3n) is 2.68. The first-order valence-corrected chi connectivity index (χ1v) is 5.32. The molecule has 0 atom stereocenters. The van der Waals surface area contributed by atoms with E-state index < -0.39 is 34.8 Å². The molecule has 0 aliphatic carbocycles. The monoisotopic (exact) mass is 291 g/mol. The van der Waals surface area contributed by atoms with Crippen LogP contribution in [-0.2, 0) is 6.18 Å². The smallest absolute Gasteiger partial charge is 0.398 e. The summed E-state index contributed by atoms with van der Waals surface area (Å²) < 4.78 is 76.8. The Hall–Kier alpha value is -2.18. The molecular formula is C13H7F6N. The summed E-state index contributed by atoms with van der Waals surface area (Å²) in [6, 6.07) is 3.06. The number of halogens is 6. The number of alkyl halides is 3. The van der Waals surface area contributed by atoms with Crippen LogP contribution in [-0.4, -0.2) is 0 Å². The van der Waals surface area contributed by atoms with Gasteiger partial charge in [0.15, 0.2) is 11.6 Å². The van der Waals surface area contributed by atoms with E-state index in [1.54, 1.807) is 0 Å². The highest BCUT2D eigenvalue weighted by Gasteiger charge is 2.31. The van der Waals surface area contributed by atoms with Gasteiger partial charge >= 0.3 is 6.18 Å². The molecular weight excluding hydrogens is 284 g/mol. The average molecular weight is 291 g/mol. The van der Waals surface area contributed by atoms with Crippen LogP contribution in [0.2, 0.25) is 0 Å². The molecule has 20 heavy (non-hydrogen) atoms. The van der Waals surface area contributed by atoms with E-state index in [1.807, 2.05) is 0 Å². The molecule has 0 amide bonds. The molecule has 0 bridgehead atoms. The van der Waals surface area contributed by atoms with Crippen molar-refractivity contribution in [2.24, 2.45) is 0 Å². The number of anilines is 1. The fourth-order valence-corrected chi connectivity index (χ4v) is 1.71. The Morgan fingerprint density at radius 2 is 1.35 bits per heavy atom. The summed E-state index contributed by atoms with van der Waals surface area (Å²) in [6.07, 6.45) is -4.60. The lowest BCUT2D eigenvalue weighted by Crippen LogP contribution is -2.06. The van der Waals surface area contributed by atoms with E-state index in [2.05, 4.69) is 0 Å². The van der Waals surface area contributed by atoms with Gasteiger partial charge in [0, 0.05) is 22.9 Å². The molecule has 0 heterocycles. The van der Waals surface area contributed by atoms with Gasteiger partial charge in [0.1, 0.15) is 5.82 Å². The minimum Gasteiger partial charge on any atom is -0.398 e. The summed E-state index contributed by atoms with van der Waals surface area (Å²) in [5.41, 5.74) is 3.48. The lowest BCUT2D eigenvalue weighted by atomic mass is 10.0. The van der Waals surface area contributed by atoms with Gasteiger partial charge in [0.05, 0.1) is 5.56 Å². The van der Waals surface area contributed by atoms with Crippen molar-refractivity contribution < 1.29 is 26.3 Å². The van der Waals surface area contributed by atoms with Gasteiger partial charge in [0.25, 0.3) is 0 Å². The largest absolute Gasteiger partial charge is 0.416 e. The zero-order valence-electron chi connectivity index (χ0n) is 9.73. The normalized spacial score (nSPS) is 11.7. The number of nitrogen functional groups attached to an aromatic ring is 1. The number of rotatable bonds is 1. The van der Waals surface area contributed by atoms with Gasteiger partial charge in [-0.25, -0.2) is 13.2 Å². The molecule has 2 aromatic carbocycles. The molecule has 106 valence electrons. The van der Waals surface area contributed by atoms with Crippen molar-refractivity contribution in [2.75, 3.05) is 5.73 Å². The molecule has 0 fully saturated rings. The van der Waals surface area contributed by atoms with Crippen molar-refractivity contribution in [3.8, 4) is 11.1 Å². The van der Waals surface area contributed by atoms with Crippen molar-refractivity contribution in [3.05, 3.63) is 53.3 Å². The molecule has 0 unspecified atom stereocenters. The molecule has 0 saturated carbocycles. The van der Waals surface area contributed by atoms with Gasteiger partial charge in [-0.1, -0.05) is 6.07 Å². The third kappa shape index (κ3) is 2.56. The van der Waals surface area contributed by atoms with Gasteiger partial charge in [-0.3, -0.25) is 0 Å². The summed E-state index contributed by atoms with van der Waals surface area (Å²) in [4.78, 5) is 0. The van der Waals surface area contributed by atoms with Crippen molar-refractivity contribution in [1.82, 2.24) is 0 Å². The van der Waals surface area contributed by atoms with Crippen LogP contribution in [0.25, 0.3) is 11.1 Å².